The van der Waals surface area contributed by atoms with Gasteiger partial charge in [-0.15, -0.1) is 0 Å². The molecule has 0 radical (unpaired) electrons. The zero-order valence-corrected chi connectivity index (χ0v) is 18.6. The van der Waals surface area contributed by atoms with E-state index in [1.807, 2.05) is 4.98 Å². The molecular formula is C18H20ClFN3O9P. The van der Waals surface area contributed by atoms with Crippen LogP contribution >= 0.6 is 19.3 Å². The van der Waals surface area contributed by atoms with E-state index in [9.17, 15) is 24.1 Å². The summed E-state index contributed by atoms with van der Waals surface area (Å²) in [6, 6.07) is 7.24. The van der Waals surface area contributed by atoms with E-state index in [2.05, 4.69) is 5.09 Å². The number of rotatable bonds is 9. The maximum atomic E-state index is 15.1. The Kier molecular flexibility index (Phi) is 7.42. The number of alkyl halides is 2. The SMILES string of the molecule is CC(N[P@](=O)(OC[C@H]1O[C@@H](n2ccc(=O)[nH]c2=O)[C@@](F)(Cl)[C@@H]1O)Oc1ccccc1)C(=O)O. The van der Waals surface area contributed by atoms with Gasteiger partial charge in [-0.25, -0.2) is 13.8 Å². The van der Waals surface area contributed by atoms with Crippen LogP contribution < -0.4 is 20.9 Å². The summed E-state index contributed by atoms with van der Waals surface area (Å²) in [5.41, 5.74) is -1.79. The van der Waals surface area contributed by atoms with Crippen LogP contribution in [0.1, 0.15) is 13.2 Å². The molecule has 0 aliphatic carbocycles. The Morgan fingerprint density at radius 2 is 2.06 bits per heavy atom. The molecule has 1 aromatic carbocycles. The fraction of sp³-hybridized carbons (Fsp3) is 0.389. The van der Waals surface area contributed by atoms with Crippen molar-refractivity contribution in [2.24, 2.45) is 0 Å². The lowest BCUT2D eigenvalue weighted by atomic mass is 10.1. The van der Waals surface area contributed by atoms with Crippen LogP contribution in [0.25, 0.3) is 0 Å². The molecule has 4 N–H and O–H groups in total. The standard InChI is InChI=1S/C18H20ClFN3O9P/c1-10(15(26)27)22-33(29,32-11-5-3-2-4-6-11)30-9-12-14(25)18(19,20)16(31-12)23-8-7-13(24)21-17(23)28/h2-8,10,12,14,16,25H,9H2,1H3,(H,22,29)(H,26,27)(H,21,24,28)/t10?,12-,14-,16-,18-,33+/m1/s1. The summed E-state index contributed by atoms with van der Waals surface area (Å²) in [5, 5.41) is 18.6. The van der Waals surface area contributed by atoms with Crippen LogP contribution in [0.2, 0.25) is 0 Å². The zero-order chi connectivity index (χ0) is 24.4. The van der Waals surface area contributed by atoms with Crippen molar-refractivity contribution < 1.29 is 37.7 Å². The summed E-state index contributed by atoms with van der Waals surface area (Å²) in [7, 11) is -4.38. The molecule has 0 saturated carbocycles. The third-order valence-corrected chi connectivity index (χ3v) is 6.64. The number of aliphatic hydroxyl groups is 1. The highest BCUT2D eigenvalue weighted by Gasteiger charge is 2.58. The Morgan fingerprint density at radius 1 is 1.39 bits per heavy atom. The molecule has 0 bridgehead atoms. The van der Waals surface area contributed by atoms with Crippen molar-refractivity contribution in [3.05, 3.63) is 63.4 Å². The molecule has 6 atom stereocenters. The lowest BCUT2D eigenvalue weighted by Crippen LogP contribution is -2.42. The fourth-order valence-corrected chi connectivity index (χ4v) is 4.70. The molecule has 0 amide bonds. The minimum Gasteiger partial charge on any atom is -0.480 e. The van der Waals surface area contributed by atoms with E-state index in [0.29, 0.717) is 4.57 Å². The summed E-state index contributed by atoms with van der Waals surface area (Å²) in [5.74, 6) is -1.28. The molecule has 1 aliphatic rings. The maximum Gasteiger partial charge on any atom is 0.459 e. The molecule has 2 aromatic rings. The van der Waals surface area contributed by atoms with Gasteiger partial charge in [0.1, 0.15) is 24.0 Å². The molecule has 33 heavy (non-hydrogen) atoms. The van der Waals surface area contributed by atoms with Crippen molar-refractivity contribution in [3.63, 3.8) is 0 Å². The van der Waals surface area contributed by atoms with Crippen molar-refractivity contribution in [1.29, 1.82) is 0 Å². The number of aromatic nitrogens is 2. The number of halogens is 2. The first-order valence-corrected chi connectivity index (χ1v) is 11.4. The molecule has 180 valence electrons. The number of para-hydroxylation sites is 1. The Bertz CT molecular complexity index is 1160. The van der Waals surface area contributed by atoms with Crippen molar-refractivity contribution >= 4 is 25.3 Å². The fourth-order valence-electron chi connectivity index (χ4n) is 2.89. The van der Waals surface area contributed by atoms with Crippen LogP contribution in [0.5, 0.6) is 5.75 Å². The second-order valence-electron chi connectivity index (χ2n) is 7.05. The van der Waals surface area contributed by atoms with Crippen LogP contribution in [-0.2, 0) is 18.6 Å². The highest BCUT2D eigenvalue weighted by atomic mass is 35.5. The van der Waals surface area contributed by atoms with Crippen LogP contribution in [-0.4, -0.2) is 55.7 Å². The van der Waals surface area contributed by atoms with Gasteiger partial charge in [0.15, 0.2) is 6.23 Å². The number of carboxylic acids is 1. The van der Waals surface area contributed by atoms with Gasteiger partial charge in [0.25, 0.3) is 10.7 Å². The summed E-state index contributed by atoms with van der Waals surface area (Å²) >= 11 is 5.79. The van der Waals surface area contributed by atoms with E-state index in [-0.39, 0.29) is 5.75 Å². The Morgan fingerprint density at radius 3 is 2.67 bits per heavy atom. The predicted octanol–water partition coefficient (Wildman–Crippen LogP) is 0.966. The molecule has 12 nitrogen and oxygen atoms in total. The number of aliphatic hydroxyl groups excluding tert-OH is 1. The van der Waals surface area contributed by atoms with Gasteiger partial charge in [-0.05, 0) is 19.1 Å². The second-order valence-corrected chi connectivity index (χ2v) is 9.32. The average molecular weight is 508 g/mol. The Balaban J connectivity index is 1.80. The number of H-pyrrole nitrogens is 1. The Labute approximate surface area is 190 Å². The molecule has 3 rings (SSSR count). The van der Waals surface area contributed by atoms with Crippen LogP contribution in [0.15, 0.2) is 52.2 Å². The number of nitrogens with zero attached hydrogens (tertiary/aromatic N) is 1. The van der Waals surface area contributed by atoms with Gasteiger partial charge in [0, 0.05) is 12.3 Å². The summed E-state index contributed by atoms with van der Waals surface area (Å²) < 4.78 is 44.8. The van der Waals surface area contributed by atoms with Gasteiger partial charge < -0.3 is 19.5 Å². The van der Waals surface area contributed by atoms with E-state index >= 15 is 4.39 Å². The number of aromatic amines is 1. The van der Waals surface area contributed by atoms with Crippen LogP contribution in [0, 0.1) is 0 Å². The van der Waals surface area contributed by atoms with Gasteiger partial charge in [-0.3, -0.25) is 23.7 Å². The quantitative estimate of drug-likeness (QED) is 0.283. The molecule has 1 saturated heterocycles. The number of hydrogen-bond donors (Lipinski definition) is 4. The molecule has 2 heterocycles. The summed E-state index contributed by atoms with van der Waals surface area (Å²) in [4.78, 5) is 36.3. The zero-order valence-electron chi connectivity index (χ0n) is 17.0. The van der Waals surface area contributed by atoms with E-state index < -0.39 is 61.2 Å². The van der Waals surface area contributed by atoms with Crippen LogP contribution in [0.4, 0.5) is 4.39 Å². The van der Waals surface area contributed by atoms with E-state index in [1.165, 1.54) is 19.1 Å². The molecule has 15 heteroatoms. The van der Waals surface area contributed by atoms with Crippen LogP contribution in [0.3, 0.4) is 0 Å². The smallest absolute Gasteiger partial charge is 0.459 e. The number of carboxylic acid groups (broad SMARTS) is 1. The van der Waals surface area contributed by atoms with Gasteiger partial charge in [0.2, 0.25) is 0 Å². The normalized spacial score (nSPS) is 27.6. The predicted molar refractivity (Wildman–Crippen MR) is 112 cm³/mol. The Hall–Kier alpha value is -2.54. The number of aliphatic carboxylic acids is 1. The van der Waals surface area contributed by atoms with E-state index in [0.717, 1.165) is 12.3 Å². The number of benzene rings is 1. The summed E-state index contributed by atoms with van der Waals surface area (Å²) in [6.07, 6.45) is -4.55. The van der Waals surface area contributed by atoms with Crippen molar-refractivity contribution in [1.82, 2.24) is 14.6 Å². The minimum atomic E-state index is -4.38. The van der Waals surface area contributed by atoms with Gasteiger partial charge in [0.05, 0.1) is 6.61 Å². The first kappa shape index (κ1) is 25.1. The second kappa shape index (κ2) is 9.75. The van der Waals surface area contributed by atoms with Crippen molar-refractivity contribution in [2.45, 2.75) is 36.5 Å². The topological polar surface area (TPSA) is 169 Å². The third kappa shape index (κ3) is 5.69. The highest BCUT2D eigenvalue weighted by Crippen LogP contribution is 2.48. The number of hydrogen-bond acceptors (Lipinski definition) is 8. The molecule has 1 aromatic heterocycles. The first-order valence-electron chi connectivity index (χ1n) is 9.45. The molecular weight excluding hydrogens is 488 g/mol. The minimum absolute atomic E-state index is 0.0775. The molecule has 1 aliphatic heterocycles. The number of nitrogens with one attached hydrogen (secondary N) is 2. The lowest BCUT2D eigenvalue weighted by Gasteiger charge is -2.24. The highest BCUT2D eigenvalue weighted by molar-refractivity contribution is 7.52. The third-order valence-electron chi connectivity index (χ3n) is 4.58. The molecule has 1 fully saturated rings. The van der Waals surface area contributed by atoms with Crippen molar-refractivity contribution in [3.8, 4) is 5.75 Å². The van der Waals surface area contributed by atoms with Gasteiger partial charge in [-0.2, -0.15) is 5.09 Å². The summed E-state index contributed by atoms with van der Waals surface area (Å²) in [6.45, 7) is 0.426. The first-order chi connectivity index (χ1) is 15.4. The monoisotopic (exact) mass is 507 g/mol. The molecule has 1 unspecified atom stereocenters. The van der Waals surface area contributed by atoms with Gasteiger partial charge in [-0.1, -0.05) is 29.8 Å². The molecule has 0 spiro atoms. The van der Waals surface area contributed by atoms with Crippen molar-refractivity contribution in [2.75, 3.05) is 6.61 Å². The maximum absolute atomic E-state index is 15.1. The van der Waals surface area contributed by atoms with E-state index in [1.54, 1.807) is 18.2 Å². The average Bonchev–Trinajstić information content (AvgIpc) is 2.96. The lowest BCUT2D eigenvalue weighted by molar-refractivity contribution is -0.138. The largest absolute Gasteiger partial charge is 0.480 e. The van der Waals surface area contributed by atoms with Gasteiger partial charge >= 0.3 is 19.4 Å². The van der Waals surface area contributed by atoms with E-state index in [4.69, 9.17) is 30.5 Å². The number of ether oxygens (including phenoxy) is 1. The number of carbonyl (C=O) groups is 1.